The van der Waals surface area contributed by atoms with Gasteiger partial charge in [-0.3, -0.25) is 0 Å². The van der Waals surface area contributed by atoms with Crippen molar-refractivity contribution in [3.63, 3.8) is 0 Å². The molecule has 4 bridgehead atoms. The third-order valence-corrected chi connectivity index (χ3v) is 10.5. The zero-order valence-electron chi connectivity index (χ0n) is 33.7. The van der Waals surface area contributed by atoms with Crippen LogP contribution in [-0.2, 0) is 95.2 Å². The van der Waals surface area contributed by atoms with Crippen LogP contribution in [-0.4, -0.2) is 140 Å². The van der Waals surface area contributed by atoms with Gasteiger partial charge in [-0.05, 0) is 64.2 Å². The van der Waals surface area contributed by atoms with Crippen molar-refractivity contribution in [3.8, 4) is 0 Å². The molecule has 0 unspecified atom stereocenters. The van der Waals surface area contributed by atoms with Gasteiger partial charge in [0, 0.05) is 95.0 Å². The van der Waals surface area contributed by atoms with Gasteiger partial charge in [-0.25, -0.2) is 10.4 Å². The molecule has 2 N–H and O–H groups in total. The molecule has 2 aromatic rings. The molecule has 0 aromatic heterocycles. The fraction of sp³-hybridized carbons (Fsp3) is 0.684. The van der Waals surface area contributed by atoms with Crippen molar-refractivity contribution in [1.29, 1.82) is 0 Å². The summed E-state index contributed by atoms with van der Waals surface area (Å²) in [5.41, 5.74) is 8.01. The van der Waals surface area contributed by atoms with E-state index >= 15 is 0 Å². The van der Waals surface area contributed by atoms with E-state index in [1.54, 1.807) is 0 Å². The first-order chi connectivity index (χ1) is 23.1. The predicted molar refractivity (Wildman–Crippen MR) is 209 cm³/mol. The van der Waals surface area contributed by atoms with Crippen LogP contribution in [0, 0.1) is 4.91 Å². The average Bonchev–Trinajstić information content (AvgIpc) is 2.99. The molecular formula is C38H66N7Ni2O3S2+2. The number of benzene rings is 2. The maximum absolute atomic E-state index is 8.47. The number of hydrogen-bond acceptors (Lipinski definition) is 9. The molecule has 0 spiro atoms. The van der Waals surface area contributed by atoms with Crippen LogP contribution in [0.25, 0.3) is 0 Å². The Morgan fingerprint density at radius 3 is 0.846 bits per heavy atom. The van der Waals surface area contributed by atoms with Gasteiger partial charge in [0.15, 0.2) is 0 Å². The number of hydrogen-bond donors (Lipinski definition) is 2. The summed E-state index contributed by atoms with van der Waals surface area (Å²) in [5.74, 6) is 0. The number of rotatable bonds is 0. The molecule has 0 fully saturated rings. The Morgan fingerprint density at radius 2 is 0.673 bits per heavy atom. The summed E-state index contributed by atoms with van der Waals surface area (Å²) in [6, 6.07) is 9.46. The van der Waals surface area contributed by atoms with Crippen LogP contribution in [0.15, 0.2) is 34.1 Å². The molecule has 301 valence electrons. The van der Waals surface area contributed by atoms with E-state index in [2.05, 4.69) is 137 Å². The molecule has 14 heteroatoms. The Morgan fingerprint density at radius 1 is 0.500 bits per heavy atom. The van der Waals surface area contributed by atoms with Crippen molar-refractivity contribution in [2.75, 3.05) is 94.6 Å². The Kier molecular flexibility index (Phi) is 22.5. The van der Waals surface area contributed by atoms with Gasteiger partial charge in [0.1, 0.15) is 4.91 Å². The molecule has 0 saturated heterocycles. The molecule has 1 aliphatic rings. The van der Waals surface area contributed by atoms with Gasteiger partial charge in [-0.2, -0.15) is 9.79 Å². The largest absolute Gasteiger partial charge is 3.00 e. The zero-order chi connectivity index (χ0) is 38.0. The van der Waals surface area contributed by atoms with Crippen LogP contribution in [0.2, 0.25) is 0 Å². The Balaban J connectivity index is 0.00000411. The fourth-order valence-electron chi connectivity index (χ4n) is 5.91. The van der Waals surface area contributed by atoms with Crippen molar-refractivity contribution in [2.45, 2.75) is 88.3 Å². The van der Waals surface area contributed by atoms with E-state index in [4.69, 9.17) is 40.6 Å². The van der Waals surface area contributed by atoms with Crippen LogP contribution in [0.5, 0.6) is 0 Å². The molecule has 1 aliphatic heterocycles. The number of nitrogens with zero attached hydrogens (tertiary/aromatic N) is 7. The minimum absolute atomic E-state index is 0. The van der Waals surface area contributed by atoms with E-state index < -0.39 is 5.09 Å². The van der Waals surface area contributed by atoms with E-state index in [1.165, 1.54) is 33.4 Å². The molecule has 52 heavy (non-hydrogen) atoms. The summed E-state index contributed by atoms with van der Waals surface area (Å²) in [5, 5.41) is 12.5. The normalized spacial score (nSPS) is 18.2. The van der Waals surface area contributed by atoms with Crippen molar-refractivity contribution in [3.05, 3.63) is 62.6 Å². The molecule has 1 radical (unpaired) electrons. The topological polar surface area (TPSA) is 80.0 Å². The Hall–Kier alpha value is -1.17. The zero-order valence-corrected chi connectivity index (χ0v) is 37.3. The van der Waals surface area contributed by atoms with Crippen molar-refractivity contribution in [1.82, 2.24) is 29.4 Å². The van der Waals surface area contributed by atoms with Crippen LogP contribution >= 0.6 is 0 Å². The monoisotopic (exact) mass is 848 g/mol. The second-order valence-corrected chi connectivity index (χ2v) is 17.4. The first-order valence-electron chi connectivity index (χ1n) is 17.7. The molecule has 10 nitrogen and oxygen atoms in total. The summed E-state index contributed by atoms with van der Waals surface area (Å²) < 4.78 is 0. The molecule has 0 aliphatic carbocycles. The van der Waals surface area contributed by atoms with Crippen molar-refractivity contribution in [2.24, 2.45) is 0 Å². The third kappa shape index (κ3) is 18.0. The standard InChI is InChI=1S/C38H66N6S2.H2NO3.2Ni/c1-37(2,3)33-21-29-25-41(9)17-13-39(7)15-19-43(11)27-31-23-34(38(4,5)6)24-32(36(31)46)28-44(12)20-16-40(8)14-18-42(10)26-30(22-33)35(29)45;2-1(3)4;;/h21-24,45-46H,13-20,25-28H2,1-12H3;(H2,2,3,4);;/q;+1;;+3/p-2. The van der Waals surface area contributed by atoms with E-state index in [1.807, 2.05) is 0 Å². The first kappa shape index (κ1) is 50.8. The number of fused-ring (bicyclic) bond motifs is 4. The smallest absolute Gasteiger partial charge is 0.779 e. The minimum atomic E-state index is -1.25. The molecular weight excluding hydrogens is 784 g/mol. The van der Waals surface area contributed by atoms with Crippen LogP contribution in [0.4, 0.5) is 0 Å². The quantitative estimate of drug-likeness (QED) is 0.215. The molecule has 0 saturated carbocycles. The average molecular weight is 851 g/mol. The van der Waals surface area contributed by atoms with E-state index in [-0.39, 0.29) is 43.8 Å². The molecule has 3 rings (SSSR count). The summed E-state index contributed by atoms with van der Waals surface area (Å²) in [6.45, 7) is 25.4. The maximum atomic E-state index is 8.47. The van der Waals surface area contributed by atoms with Gasteiger partial charge < -0.3 is 54.7 Å². The SMILES string of the molecule is CN1CCN(C)Cc2cc(C(C)(C)C)cc(c2[S-])CN(C)CCN(C)CCN(C)Cc2cc(C(C)(C)C)cc(c2[S-])CN(C)CC1.O=[N+](O)O.[Ni+3].[Ni]. The van der Waals surface area contributed by atoms with Crippen LogP contribution in [0.3, 0.4) is 0 Å². The number of likely N-dealkylation sites (N-methyl/N-ethyl adjacent to an activating group) is 6. The molecule has 0 amide bonds. The summed E-state index contributed by atoms with van der Waals surface area (Å²) in [7, 11) is 13.4. The van der Waals surface area contributed by atoms with Crippen molar-refractivity contribution < 1.29 is 48.5 Å². The van der Waals surface area contributed by atoms with E-state index in [0.29, 0.717) is 0 Å². The Bertz CT molecular complexity index is 1220. The van der Waals surface area contributed by atoms with E-state index in [9.17, 15) is 0 Å². The predicted octanol–water partition coefficient (Wildman–Crippen LogP) is 4.94. The maximum Gasteiger partial charge on any atom is 3.00 e. The van der Waals surface area contributed by atoms with Gasteiger partial charge >= 0.3 is 21.6 Å². The van der Waals surface area contributed by atoms with Gasteiger partial charge in [0.2, 0.25) is 0 Å². The summed E-state index contributed by atoms with van der Waals surface area (Å²) in [4.78, 5) is 25.2. The third-order valence-electron chi connectivity index (χ3n) is 9.43. The van der Waals surface area contributed by atoms with Crippen LogP contribution in [0.1, 0.15) is 74.9 Å². The minimum Gasteiger partial charge on any atom is -0.779 e. The Labute approximate surface area is 346 Å². The fourth-order valence-corrected chi connectivity index (χ4v) is 6.41. The van der Waals surface area contributed by atoms with Crippen molar-refractivity contribution >= 4 is 25.3 Å². The van der Waals surface area contributed by atoms with Gasteiger partial charge in [0.25, 0.3) is 0 Å². The first-order valence-corrected chi connectivity index (χ1v) is 18.5. The molecule has 2 aromatic carbocycles. The second-order valence-electron chi connectivity index (χ2n) is 16.6. The van der Waals surface area contributed by atoms with E-state index in [0.717, 1.165) is 88.3 Å². The summed E-state index contributed by atoms with van der Waals surface area (Å²) >= 11 is 12.3. The second kappa shape index (κ2) is 23.0. The van der Waals surface area contributed by atoms with Gasteiger partial charge in [-0.15, -0.1) is 0 Å². The van der Waals surface area contributed by atoms with Gasteiger partial charge in [-0.1, -0.05) is 88.1 Å². The van der Waals surface area contributed by atoms with Gasteiger partial charge in [0.05, 0.1) is 0 Å². The molecule has 1 heterocycles. The summed E-state index contributed by atoms with van der Waals surface area (Å²) in [6.07, 6.45) is 0. The van der Waals surface area contributed by atoms with Crippen LogP contribution < -0.4 is 0 Å². The molecule has 0 atom stereocenters.